The van der Waals surface area contributed by atoms with Crippen molar-refractivity contribution in [2.45, 2.75) is 19.5 Å². The highest BCUT2D eigenvalue weighted by Gasteiger charge is 2.43. The van der Waals surface area contributed by atoms with Crippen LogP contribution in [0.5, 0.6) is 11.5 Å². The Morgan fingerprint density at radius 3 is 1.17 bits per heavy atom. The summed E-state index contributed by atoms with van der Waals surface area (Å²) in [6.07, 6.45) is 0. The summed E-state index contributed by atoms with van der Waals surface area (Å²) in [4.78, 5) is 0. The van der Waals surface area contributed by atoms with Crippen LogP contribution in [-0.4, -0.2) is 8.56 Å². The molecule has 0 radical (unpaired) electrons. The predicted molar refractivity (Wildman–Crippen MR) is 256 cm³/mol. The molecule has 286 valence electrons. The lowest BCUT2D eigenvalue weighted by molar-refractivity contribution is 0.402. The van der Waals surface area contributed by atoms with Gasteiger partial charge in [0.05, 0.1) is 0 Å². The lowest BCUT2D eigenvalue weighted by Gasteiger charge is -2.29. The molecule has 1 aliphatic heterocycles. The van der Waals surface area contributed by atoms with Gasteiger partial charge in [-0.3, -0.25) is 0 Å². The Morgan fingerprint density at radius 2 is 0.750 bits per heavy atom. The summed E-state index contributed by atoms with van der Waals surface area (Å²) in [5.74, 6) is 1.74. The molecule has 0 aliphatic carbocycles. The van der Waals surface area contributed by atoms with Crippen molar-refractivity contribution in [1.29, 1.82) is 0 Å². The molecule has 0 fully saturated rings. The van der Waals surface area contributed by atoms with Gasteiger partial charge in [0.15, 0.2) is 0 Å². The van der Waals surface area contributed by atoms with E-state index < -0.39 is 8.56 Å². The monoisotopic (exact) mass is 786 g/mol. The smallest absolute Gasteiger partial charge is 0.461 e. The van der Waals surface area contributed by atoms with Crippen LogP contribution in [0, 0.1) is 0 Å². The minimum absolute atomic E-state index is 0.645. The number of benzene rings is 10. The molecule has 0 bridgehead atoms. The standard InChI is InChI=1S/C57H42O2Si/c1-37(2)36-60(3)58-56-52(42-26-20-40(21-27-42)46-30-24-38-12-4-6-14-44(38)32-46)34-48-16-8-10-18-50(48)54(56)55-51-19-11-9-17-49(51)35-53(57(55)59-60)43-28-22-41(23-29-43)47-31-25-39-13-5-7-15-45(39)33-47/h4-35H,1,36H2,2-3H3. The van der Waals surface area contributed by atoms with Gasteiger partial charge in [0.2, 0.25) is 0 Å². The van der Waals surface area contributed by atoms with Gasteiger partial charge in [-0.2, -0.15) is 0 Å². The third kappa shape index (κ3) is 6.26. The number of hydrogen-bond acceptors (Lipinski definition) is 2. The quantitative estimate of drug-likeness (QED) is 0.123. The van der Waals surface area contributed by atoms with Gasteiger partial charge in [-0.15, -0.1) is 6.58 Å². The van der Waals surface area contributed by atoms with Crippen molar-refractivity contribution in [3.63, 3.8) is 0 Å². The van der Waals surface area contributed by atoms with Crippen molar-refractivity contribution in [2.75, 3.05) is 0 Å². The maximum atomic E-state index is 7.50. The topological polar surface area (TPSA) is 18.5 Å². The van der Waals surface area contributed by atoms with Crippen LogP contribution in [-0.2, 0) is 0 Å². The molecule has 60 heavy (non-hydrogen) atoms. The Labute approximate surface area is 351 Å². The van der Waals surface area contributed by atoms with Gasteiger partial charge in [0.25, 0.3) is 0 Å². The summed E-state index contributed by atoms with van der Waals surface area (Å²) >= 11 is 0. The summed E-state index contributed by atoms with van der Waals surface area (Å²) in [6.45, 7) is 8.67. The zero-order valence-electron chi connectivity index (χ0n) is 33.7. The van der Waals surface area contributed by atoms with Crippen LogP contribution < -0.4 is 8.85 Å². The van der Waals surface area contributed by atoms with E-state index in [1.165, 1.54) is 43.8 Å². The molecule has 0 amide bonds. The van der Waals surface area contributed by atoms with Crippen molar-refractivity contribution < 1.29 is 8.85 Å². The third-order valence-electron chi connectivity index (χ3n) is 12.1. The Bertz CT molecular complexity index is 3110. The van der Waals surface area contributed by atoms with Crippen molar-refractivity contribution in [1.82, 2.24) is 0 Å². The second-order valence-electron chi connectivity index (χ2n) is 16.4. The molecule has 0 saturated carbocycles. The van der Waals surface area contributed by atoms with Crippen molar-refractivity contribution >= 4 is 51.7 Å². The van der Waals surface area contributed by atoms with E-state index in [4.69, 9.17) is 8.85 Å². The molecule has 11 rings (SSSR count). The summed E-state index contributed by atoms with van der Waals surface area (Å²) in [5, 5.41) is 9.53. The van der Waals surface area contributed by atoms with Gasteiger partial charge < -0.3 is 8.85 Å². The van der Waals surface area contributed by atoms with Crippen LogP contribution in [0.1, 0.15) is 6.92 Å². The van der Waals surface area contributed by atoms with Gasteiger partial charge in [0.1, 0.15) is 11.5 Å². The van der Waals surface area contributed by atoms with Gasteiger partial charge in [-0.05, 0) is 108 Å². The largest absolute Gasteiger partial charge is 0.511 e. The SMILES string of the molecule is C=C(C)C[Si]1(C)Oc2c(-c3ccc(-c4ccc5ccccc5c4)cc3)cc3ccccc3c2-c2c(c(-c3ccc(-c4ccc5ccccc5c4)cc3)cc3ccccc23)O1. The first-order chi connectivity index (χ1) is 29.4. The molecule has 0 aromatic heterocycles. The van der Waals surface area contributed by atoms with Crippen LogP contribution in [0.2, 0.25) is 12.6 Å². The Kier molecular flexibility index (Phi) is 8.54. The van der Waals surface area contributed by atoms with Crippen LogP contribution in [0.15, 0.2) is 206 Å². The minimum Gasteiger partial charge on any atom is -0.511 e. The van der Waals surface area contributed by atoms with Crippen LogP contribution in [0.4, 0.5) is 0 Å². The van der Waals surface area contributed by atoms with Gasteiger partial charge >= 0.3 is 8.56 Å². The Balaban J connectivity index is 1.13. The van der Waals surface area contributed by atoms with Gasteiger partial charge in [-0.25, -0.2) is 0 Å². The van der Waals surface area contributed by atoms with E-state index in [0.717, 1.165) is 72.0 Å². The van der Waals surface area contributed by atoms with E-state index in [2.05, 4.69) is 214 Å². The Morgan fingerprint density at radius 1 is 0.400 bits per heavy atom. The molecule has 1 heterocycles. The van der Waals surface area contributed by atoms with E-state index in [1.54, 1.807) is 0 Å². The molecule has 0 spiro atoms. The lowest BCUT2D eigenvalue weighted by atomic mass is 9.86. The molecule has 0 N–H and O–H groups in total. The highest BCUT2D eigenvalue weighted by molar-refractivity contribution is 6.68. The lowest BCUT2D eigenvalue weighted by Crippen LogP contribution is -2.45. The minimum atomic E-state index is -3.03. The van der Waals surface area contributed by atoms with Crippen molar-refractivity contribution in [2.24, 2.45) is 0 Å². The number of fused-ring (bicyclic) bond motifs is 9. The van der Waals surface area contributed by atoms with E-state index in [0.29, 0.717) is 6.04 Å². The third-order valence-corrected chi connectivity index (χ3v) is 14.6. The van der Waals surface area contributed by atoms with Gasteiger partial charge in [-0.1, -0.05) is 175 Å². The average molecular weight is 787 g/mol. The second kappa shape index (κ2) is 14.3. The fraction of sp³-hybridized carbons (Fsp3) is 0.0526. The van der Waals surface area contributed by atoms with Crippen LogP contribution in [0.25, 0.3) is 98.7 Å². The summed E-state index contributed by atoms with van der Waals surface area (Å²) < 4.78 is 15.0. The molecule has 3 heteroatoms. The van der Waals surface area contributed by atoms with E-state index in [-0.39, 0.29) is 0 Å². The first-order valence-electron chi connectivity index (χ1n) is 20.7. The summed E-state index contributed by atoms with van der Waals surface area (Å²) in [6, 6.07) is 71.1. The fourth-order valence-electron chi connectivity index (χ4n) is 9.29. The number of rotatable bonds is 6. The zero-order chi connectivity index (χ0) is 40.4. The molecular formula is C57H42O2Si. The number of allylic oxidation sites excluding steroid dienone is 1. The molecule has 2 nitrogen and oxygen atoms in total. The number of hydrogen-bond donors (Lipinski definition) is 0. The molecule has 0 unspecified atom stereocenters. The highest BCUT2D eigenvalue weighted by Crippen LogP contribution is 2.55. The average Bonchev–Trinajstić information content (AvgIpc) is 3.42. The first kappa shape index (κ1) is 35.9. The molecule has 0 saturated heterocycles. The highest BCUT2D eigenvalue weighted by atomic mass is 28.4. The summed E-state index contributed by atoms with van der Waals surface area (Å²) in [5.41, 5.74) is 12.2. The Hall–Kier alpha value is -7.20. The maximum absolute atomic E-state index is 7.50. The second-order valence-corrected chi connectivity index (χ2v) is 19.5. The predicted octanol–water partition coefficient (Wildman–Crippen LogP) is 16.1. The molecule has 10 aromatic rings. The van der Waals surface area contributed by atoms with Crippen LogP contribution in [0.3, 0.4) is 0 Å². The van der Waals surface area contributed by atoms with Crippen molar-refractivity contribution in [3.05, 3.63) is 206 Å². The maximum Gasteiger partial charge on any atom is 0.461 e. The molecule has 1 aliphatic rings. The molecule has 10 aromatic carbocycles. The van der Waals surface area contributed by atoms with E-state index in [9.17, 15) is 0 Å². The first-order valence-corrected chi connectivity index (χ1v) is 23.2. The summed E-state index contributed by atoms with van der Waals surface area (Å²) in [7, 11) is -3.03. The van der Waals surface area contributed by atoms with E-state index in [1.807, 2.05) is 0 Å². The van der Waals surface area contributed by atoms with Crippen LogP contribution >= 0.6 is 0 Å². The van der Waals surface area contributed by atoms with Gasteiger partial charge in [0, 0.05) is 34.8 Å². The normalized spacial score (nSPS) is 13.0. The molecule has 0 atom stereocenters. The molecular weight excluding hydrogens is 745 g/mol. The zero-order valence-corrected chi connectivity index (χ0v) is 34.7. The van der Waals surface area contributed by atoms with E-state index >= 15 is 0 Å². The fourth-order valence-corrected chi connectivity index (χ4v) is 11.9. The van der Waals surface area contributed by atoms with Crippen molar-refractivity contribution in [3.8, 4) is 67.1 Å².